The number of rotatable bonds is 9. The zero-order chi connectivity index (χ0) is 24.2. The van der Waals surface area contributed by atoms with Crippen LogP contribution in [0.4, 0.5) is 16.2 Å². The molecule has 1 aliphatic rings. The molecular formula is C23H24FN9O. The number of hydrogen-bond acceptors (Lipinski definition) is 9. The molecule has 1 fully saturated rings. The molecule has 1 aliphatic carbocycles. The molecule has 11 heteroatoms. The predicted octanol–water partition coefficient (Wildman–Crippen LogP) is 3.08. The van der Waals surface area contributed by atoms with E-state index in [1.165, 1.54) is 6.20 Å². The fourth-order valence-corrected chi connectivity index (χ4v) is 3.79. The monoisotopic (exact) mass is 461 g/mol. The Morgan fingerprint density at radius 2 is 2.09 bits per heavy atom. The molecule has 1 saturated carbocycles. The SMILES string of the molecule is CC(Nc1nc(N(C)C(c2ncccn2)C2CC2)[nH]c(=O)c1C(=N)C#N)c1ccc(CF)nc1. The van der Waals surface area contributed by atoms with Crippen molar-refractivity contribution in [2.24, 2.45) is 5.92 Å². The summed E-state index contributed by atoms with van der Waals surface area (Å²) in [5, 5.41) is 20.4. The van der Waals surface area contributed by atoms with Crippen molar-refractivity contribution in [3.63, 3.8) is 0 Å². The number of aromatic nitrogens is 5. The molecule has 0 aromatic carbocycles. The van der Waals surface area contributed by atoms with Crippen LogP contribution in [0.15, 0.2) is 41.6 Å². The topological polar surface area (TPSA) is 147 Å². The Morgan fingerprint density at radius 1 is 1.35 bits per heavy atom. The number of nitrogens with one attached hydrogen (secondary N) is 3. The van der Waals surface area contributed by atoms with E-state index in [9.17, 15) is 14.4 Å². The van der Waals surface area contributed by atoms with Crippen LogP contribution in [0.5, 0.6) is 0 Å². The molecule has 0 spiro atoms. The molecule has 3 N–H and O–H groups in total. The fraction of sp³-hybridized carbons (Fsp3) is 0.348. The van der Waals surface area contributed by atoms with E-state index in [1.54, 1.807) is 43.7 Å². The van der Waals surface area contributed by atoms with Crippen LogP contribution in [0.3, 0.4) is 0 Å². The maximum Gasteiger partial charge on any atom is 0.264 e. The van der Waals surface area contributed by atoms with Crippen LogP contribution in [-0.4, -0.2) is 37.7 Å². The number of pyridine rings is 1. The minimum Gasteiger partial charge on any atom is -0.363 e. The van der Waals surface area contributed by atoms with Crippen molar-refractivity contribution >= 4 is 17.5 Å². The molecule has 2 atom stereocenters. The number of nitriles is 1. The van der Waals surface area contributed by atoms with Crippen molar-refractivity contribution in [1.82, 2.24) is 24.9 Å². The van der Waals surface area contributed by atoms with Crippen LogP contribution in [0.2, 0.25) is 0 Å². The Kier molecular flexibility index (Phi) is 6.58. The predicted molar refractivity (Wildman–Crippen MR) is 124 cm³/mol. The Balaban J connectivity index is 1.71. The third-order valence-electron chi connectivity index (χ3n) is 5.78. The zero-order valence-electron chi connectivity index (χ0n) is 18.8. The molecule has 3 heterocycles. The second-order valence-electron chi connectivity index (χ2n) is 8.18. The number of alkyl halides is 1. The lowest BCUT2D eigenvalue weighted by Crippen LogP contribution is -2.32. The summed E-state index contributed by atoms with van der Waals surface area (Å²) in [6.45, 7) is 1.16. The molecule has 3 aromatic heterocycles. The van der Waals surface area contributed by atoms with Crippen LogP contribution in [0.25, 0.3) is 0 Å². The highest BCUT2D eigenvalue weighted by Gasteiger charge is 2.38. The van der Waals surface area contributed by atoms with Gasteiger partial charge < -0.3 is 10.2 Å². The summed E-state index contributed by atoms with van der Waals surface area (Å²) < 4.78 is 12.8. The lowest BCUT2D eigenvalue weighted by Gasteiger charge is -2.28. The van der Waals surface area contributed by atoms with E-state index in [1.807, 2.05) is 11.8 Å². The van der Waals surface area contributed by atoms with Crippen molar-refractivity contribution in [2.75, 3.05) is 17.3 Å². The highest BCUT2D eigenvalue weighted by molar-refractivity contribution is 6.12. The van der Waals surface area contributed by atoms with Crippen molar-refractivity contribution in [1.29, 1.82) is 10.7 Å². The van der Waals surface area contributed by atoms with Gasteiger partial charge in [0.1, 0.15) is 29.8 Å². The standard InChI is InChI=1S/C23H24FN9O/c1-13(15-6-7-16(10-24)29-12-15)30-20-18(17(26)11-25)22(34)32-23(31-20)33(2)19(14-4-5-14)21-27-8-3-9-28-21/h3,6-9,12-14,19,26H,4-5,10H2,1-2H3,(H2,30,31,32,34). The summed E-state index contributed by atoms with van der Waals surface area (Å²) in [6, 6.07) is 6.20. The summed E-state index contributed by atoms with van der Waals surface area (Å²) in [5.74, 6) is 1.32. The van der Waals surface area contributed by atoms with Gasteiger partial charge in [-0.3, -0.25) is 20.2 Å². The van der Waals surface area contributed by atoms with Gasteiger partial charge in [-0.2, -0.15) is 10.2 Å². The number of aromatic amines is 1. The van der Waals surface area contributed by atoms with Gasteiger partial charge in [-0.05, 0) is 43.4 Å². The van der Waals surface area contributed by atoms with Crippen molar-refractivity contribution in [3.8, 4) is 6.07 Å². The number of H-pyrrole nitrogens is 1. The highest BCUT2D eigenvalue weighted by Crippen LogP contribution is 2.43. The second kappa shape index (κ2) is 9.74. The summed E-state index contributed by atoms with van der Waals surface area (Å²) in [6.07, 6.45) is 6.92. The molecule has 2 unspecified atom stereocenters. The first-order chi connectivity index (χ1) is 16.4. The van der Waals surface area contributed by atoms with Gasteiger partial charge >= 0.3 is 0 Å². The molecule has 3 aromatic rings. The summed E-state index contributed by atoms with van der Waals surface area (Å²) in [5.41, 5.74) is -0.215. The molecular weight excluding hydrogens is 437 g/mol. The Hall–Kier alpha value is -4.20. The molecule has 0 aliphatic heterocycles. The normalized spacial score (nSPS) is 14.6. The minimum atomic E-state index is -0.663. The lowest BCUT2D eigenvalue weighted by molar-refractivity contribution is 0.475. The maximum absolute atomic E-state index is 13.0. The Morgan fingerprint density at radius 3 is 2.68 bits per heavy atom. The molecule has 0 bridgehead atoms. The van der Waals surface area contributed by atoms with Gasteiger partial charge in [0.05, 0.1) is 17.8 Å². The average molecular weight is 462 g/mol. The first kappa shape index (κ1) is 23.0. The van der Waals surface area contributed by atoms with Gasteiger partial charge in [0, 0.05) is 25.6 Å². The fourth-order valence-electron chi connectivity index (χ4n) is 3.79. The van der Waals surface area contributed by atoms with Crippen LogP contribution in [0.1, 0.15) is 54.5 Å². The number of hydrogen-bond donors (Lipinski definition) is 3. The van der Waals surface area contributed by atoms with E-state index in [-0.39, 0.29) is 29.4 Å². The molecule has 4 rings (SSSR count). The van der Waals surface area contributed by atoms with E-state index in [0.29, 0.717) is 17.4 Å². The van der Waals surface area contributed by atoms with E-state index >= 15 is 0 Å². The summed E-state index contributed by atoms with van der Waals surface area (Å²) in [4.78, 5) is 34.9. The molecule has 0 saturated heterocycles. The van der Waals surface area contributed by atoms with Crippen LogP contribution in [-0.2, 0) is 6.67 Å². The Bertz CT molecular complexity index is 1270. The van der Waals surface area contributed by atoms with Crippen LogP contribution in [0, 0.1) is 22.7 Å². The maximum atomic E-state index is 13.0. The minimum absolute atomic E-state index is 0.0998. The van der Waals surface area contributed by atoms with Gasteiger partial charge in [-0.25, -0.2) is 14.4 Å². The average Bonchev–Trinajstić information content (AvgIpc) is 3.69. The smallest absolute Gasteiger partial charge is 0.264 e. The van der Waals surface area contributed by atoms with Crippen molar-refractivity contribution in [3.05, 3.63) is 69.8 Å². The Labute approximate surface area is 195 Å². The van der Waals surface area contributed by atoms with E-state index in [4.69, 9.17) is 5.41 Å². The summed E-state index contributed by atoms with van der Waals surface area (Å²) in [7, 11) is 1.81. The molecule has 0 amide bonds. The molecule has 174 valence electrons. The third-order valence-corrected chi connectivity index (χ3v) is 5.78. The molecule has 0 radical (unpaired) electrons. The molecule has 10 nitrogen and oxygen atoms in total. The van der Waals surface area contributed by atoms with Gasteiger partial charge in [0.2, 0.25) is 5.95 Å². The second-order valence-corrected chi connectivity index (χ2v) is 8.18. The van der Waals surface area contributed by atoms with Gasteiger partial charge in [0.25, 0.3) is 5.56 Å². The van der Waals surface area contributed by atoms with Crippen molar-refractivity contribution < 1.29 is 4.39 Å². The van der Waals surface area contributed by atoms with Crippen LogP contribution < -0.4 is 15.8 Å². The summed E-state index contributed by atoms with van der Waals surface area (Å²) >= 11 is 0. The first-order valence-electron chi connectivity index (χ1n) is 10.8. The number of halogens is 1. The van der Waals surface area contributed by atoms with Crippen molar-refractivity contribution in [2.45, 2.75) is 38.5 Å². The number of nitrogens with zero attached hydrogens (tertiary/aromatic N) is 6. The van der Waals surface area contributed by atoms with Gasteiger partial charge in [-0.15, -0.1) is 0 Å². The molecule has 34 heavy (non-hydrogen) atoms. The third kappa shape index (κ3) is 4.76. The van der Waals surface area contributed by atoms with E-state index in [2.05, 4.69) is 30.2 Å². The lowest BCUT2D eigenvalue weighted by atomic mass is 10.1. The van der Waals surface area contributed by atoms with E-state index < -0.39 is 17.9 Å². The van der Waals surface area contributed by atoms with Gasteiger partial charge in [-0.1, -0.05) is 6.07 Å². The first-order valence-corrected chi connectivity index (χ1v) is 10.8. The largest absolute Gasteiger partial charge is 0.363 e. The van der Waals surface area contributed by atoms with E-state index in [0.717, 1.165) is 18.4 Å². The van der Waals surface area contributed by atoms with Gasteiger partial charge in [0.15, 0.2) is 5.82 Å². The zero-order valence-corrected chi connectivity index (χ0v) is 18.8. The quantitative estimate of drug-likeness (QED) is 0.412. The highest BCUT2D eigenvalue weighted by atomic mass is 19.1. The van der Waals surface area contributed by atoms with Crippen LogP contribution >= 0.6 is 0 Å². The number of anilines is 2.